The second-order valence-electron chi connectivity index (χ2n) is 3.61. The van der Waals surface area contributed by atoms with E-state index in [9.17, 15) is 21.4 Å². The largest absolute Gasteiger partial charge is 0.726 e. The highest BCUT2D eigenvalue weighted by Crippen LogP contribution is 2.19. The summed E-state index contributed by atoms with van der Waals surface area (Å²) in [5, 5.41) is 0. The lowest BCUT2D eigenvalue weighted by atomic mass is 10.3. The van der Waals surface area contributed by atoms with Crippen LogP contribution in [0.4, 0.5) is 11.4 Å². The highest BCUT2D eigenvalue weighted by Gasteiger charge is 2.18. The summed E-state index contributed by atoms with van der Waals surface area (Å²) in [5.41, 5.74) is 6.24. The summed E-state index contributed by atoms with van der Waals surface area (Å²) in [6.07, 6.45) is 0. The molecule has 0 aromatic heterocycles. The number of rotatable bonds is 6. The quantitative estimate of drug-likeness (QED) is 0.426. The van der Waals surface area contributed by atoms with E-state index in [-0.39, 0.29) is 0 Å². The van der Waals surface area contributed by atoms with Crippen molar-refractivity contribution in [3.8, 4) is 0 Å². The highest BCUT2D eigenvalue weighted by molar-refractivity contribution is 7.92. The zero-order valence-corrected chi connectivity index (χ0v) is 11.6. The number of nitrogen functional groups attached to an aromatic ring is 1. The minimum absolute atomic E-state index is 0.324. The second-order valence-corrected chi connectivity index (χ2v) is 6.78. The summed E-state index contributed by atoms with van der Waals surface area (Å²) in [6.45, 7) is -0.735. The molecule has 19 heavy (non-hydrogen) atoms. The molecule has 0 spiro atoms. The lowest BCUT2D eigenvalue weighted by Crippen LogP contribution is -2.31. The van der Waals surface area contributed by atoms with Crippen molar-refractivity contribution in [1.29, 1.82) is 0 Å². The predicted octanol–water partition coefficient (Wildman–Crippen LogP) is -0.488. The molecule has 0 radical (unpaired) electrons. The van der Waals surface area contributed by atoms with Crippen LogP contribution in [0.3, 0.4) is 0 Å². The fourth-order valence-electron chi connectivity index (χ4n) is 1.26. The van der Waals surface area contributed by atoms with Gasteiger partial charge in [-0.1, -0.05) is 6.07 Å². The number of nitrogens with two attached hydrogens (primary N) is 1. The molecule has 8 nitrogen and oxygen atoms in total. The lowest BCUT2D eigenvalue weighted by Gasteiger charge is -2.19. The lowest BCUT2D eigenvalue weighted by molar-refractivity contribution is 0.276. The van der Waals surface area contributed by atoms with Gasteiger partial charge in [0.2, 0.25) is 20.4 Å². The molecule has 0 aliphatic heterocycles. The first kappa shape index (κ1) is 15.7. The van der Waals surface area contributed by atoms with Crippen molar-refractivity contribution in [3.05, 3.63) is 24.3 Å². The fraction of sp³-hybridized carbons (Fsp3) is 0.333. The standard InChI is InChI=1S/C9H14N2O6S2/c1-11(9-4-2-3-8(10)7-9)18(12,13)6-5-17-19(14,15)16/h2-4,7H,5-6,10H2,1H3,(H,14,15,16)/p-1. The van der Waals surface area contributed by atoms with E-state index in [2.05, 4.69) is 4.18 Å². The first-order chi connectivity index (χ1) is 8.62. The van der Waals surface area contributed by atoms with Gasteiger partial charge in [0.1, 0.15) is 0 Å². The molecule has 0 unspecified atom stereocenters. The van der Waals surface area contributed by atoms with Gasteiger partial charge in [0.05, 0.1) is 18.0 Å². The number of anilines is 2. The molecular formula is C9H13N2O6S2-. The number of hydrogen-bond acceptors (Lipinski definition) is 7. The van der Waals surface area contributed by atoms with Crippen LogP contribution in [0.5, 0.6) is 0 Å². The Hall–Kier alpha value is -1.36. The van der Waals surface area contributed by atoms with Crippen LogP contribution in [0.1, 0.15) is 0 Å². The molecule has 0 saturated heterocycles. The van der Waals surface area contributed by atoms with Gasteiger partial charge in [-0.3, -0.25) is 8.49 Å². The van der Waals surface area contributed by atoms with Gasteiger partial charge >= 0.3 is 0 Å². The first-order valence-corrected chi connectivity index (χ1v) is 7.98. The maximum absolute atomic E-state index is 11.8. The summed E-state index contributed by atoms with van der Waals surface area (Å²) in [6, 6.07) is 6.15. The van der Waals surface area contributed by atoms with Crippen LogP contribution in [-0.4, -0.2) is 40.8 Å². The minimum atomic E-state index is -4.90. The molecule has 0 amide bonds. The molecule has 108 valence electrons. The molecule has 0 saturated carbocycles. The molecule has 2 N–H and O–H groups in total. The normalized spacial score (nSPS) is 12.3. The van der Waals surface area contributed by atoms with Crippen molar-refractivity contribution >= 4 is 31.8 Å². The minimum Gasteiger partial charge on any atom is -0.726 e. The zero-order valence-electron chi connectivity index (χ0n) is 10.0. The van der Waals surface area contributed by atoms with E-state index < -0.39 is 32.8 Å². The first-order valence-electron chi connectivity index (χ1n) is 5.04. The molecule has 0 fully saturated rings. The topological polar surface area (TPSA) is 130 Å². The van der Waals surface area contributed by atoms with Crippen molar-refractivity contribution in [2.75, 3.05) is 29.4 Å². The Kier molecular flexibility index (Phi) is 4.74. The predicted molar refractivity (Wildman–Crippen MR) is 68.7 cm³/mol. The molecule has 0 bridgehead atoms. The number of benzene rings is 1. The van der Waals surface area contributed by atoms with Crippen LogP contribution >= 0.6 is 0 Å². The number of sulfonamides is 1. The molecule has 1 rings (SSSR count). The monoisotopic (exact) mass is 309 g/mol. The molecule has 0 aliphatic carbocycles. The maximum Gasteiger partial charge on any atom is 0.237 e. The Morgan fingerprint density at radius 2 is 1.95 bits per heavy atom. The van der Waals surface area contributed by atoms with Gasteiger partial charge in [-0.25, -0.2) is 16.8 Å². The van der Waals surface area contributed by atoms with Crippen LogP contribution in [0, 0.1) is 0 Å². The number of nitrogens with zero attached hydrogens (tertiary/aromatic N) is 1. The molecule has 0 atom stereocenters. The molecule has 1 aromatic carbocycles. The summed E-state index contributed by atoms with van der Waals surface area (Å²) in [7, 11) is -7.41. The van der Waals surface area contributed by atoms with Gasteiger partial charge in [-0.2, -0.15) is 0 Å². The third-order valence-corrected chi connectivity index (χ3v) is 4.40. The van der Waals surface area contributed by atoms with Gasteiger partial charge < -0.3 is 10.3 Å². The van der Waals surface area contributed by atoms with Crippen LogP contribution < -0.4 is 10.0 Å². The zero-order chi connectivity index (χ0) is 14.7. The Balaban J connectivity index is 2.77. The second kappa shape index (κ2) is 5.74. The van der Waals surface area contributed by atoms with Crippen molar-refractivity contribution in [2.24, 2.45) is 0 Å². The van der Waals surface area contributed by atoms with E-state index in [1.54, 1.807) is 12.1 Å². The Morgan fingerprint density at radius 3 is 2.47 bits per heavy atom. The van der Waals surface area contributed by atoms with Gasteiger partial charge in [-0.15, -0.1) is 0 Å². The van der Waals surface area contributed by atoms with Gasteiger partial charge in [0.15, 0.2) is 0 Å². The summed E-state index contributed by atoms with van der Waals surface area (Å²) < 4.78 is 59.1. The molecule has 0 aliphatic rings. The average molecular weight is 309 g/mol. The van der Waals surface area contributed by atoms with Crippen molar-refractivity contribution < 1.29 is 25.6 Å². The van der Waals surface area contributed by atoms with Crippen molar-refractivity contribution in [1.82, 2.24) is 0 Å². The maximum atomic E-state index is 11.8. The van der Waals surface area contributed by atoms with Gasteiger partial charge in [0.25, 0.3) is 0 Å². The summed E-state index contributed by atoms with van der Waals surface area (Å²) in [5.74, 6) is -0.639. The molecular weight excluding hydrogens is 296 g/mol. The SMILES string of the molecule is CN(c1cccc(N)c1)S(=O)(=O)CCOS(=O)(=O)[O-]. The highest BCUT2D eigenvalue weighted by atomic mass is 32.3. The third-order valence-electron chi connectivity index (χ3n) is 2.22. The van der Waals surface area contributed by atoms with Crippen LogP contribution in [0.2, 0.25) is 0 Å². The van der Waals surface area contributed by atoms with Crippen molar-refractivity contribution in [3.63, 3.8) is 0 Å². The molecule has 0 heterocycles. The Morgan fingerprint density at radius 1 is 1.32 bits per heavy atom. The van der Waals surface area contributed by atoms with Crippen molar-refractivity contribution in [2.45, 2.75) is 0 Å². The average Bonchev–Trinajstić information content (AvgIpc) is 2.25. The number of hydrogen-bond donors (Lipinski definition) is 1. The van der Waals surface area contributed by atoms with Crippen LogP contribution in [0.15, 0.2) is 24.3 Å². The molecule has 1 aromatic rings. The van der Waals surface area contributed by atoms with E-state index in [0.717, 1.165) is 4.31 Å². The Labute approximate surface area is 111 Å². The third kappa shape index (κ3) is 5.03. The summed E-state index contributed by atoms with van der Waals surface area (Å²) in [4.78, 5) is 0. The van der Waals surface area contributed by atoms with Crippen LogP contribution in [0.25, 0.3) is 0 Å². The van der Waals surface area contributed by atoms with E-state index in [0.29, 0.717) is 11.4 Å². The smallest absolute Gasteiger partial charge is 0.237 e. The van der Waals surface area contributed by atoms with E-state index in [1.165, 1.54) is 19.2 Å². The molecule has 10 heteroatoms. The Bertz CT molecular complexity index is 640. The van der Waals surface area contributed by atoms with E-state index in [4.69, 9.17) is 5.73 Å². The van der Waals surface area contributed by atoms with Crippen LogP contribution in [-0.2, 0) is 24.6 Å². The van der Waals surface area contributed by atoms with E-state index in [1.807, 2.05) is 0 Å². The van der Waals surface area contributed by atoms with Gasteiger partial charge in [0, 0.05) is 12.7 Å². The van der Waals surface area contributed by atoms with E-state index >= 15 is 0 Å². The fourth-order valence-corrected chi connectivity index (χ4v) is 2.66. The summed E-state index contributed by atoms with van der Waals surface area (Å²) >= 11 is 0. The van der Waals surface area contributed by atoms with Gasteiger partial charge in [-0.05, 0) is 18.2 Å².